The molecule has 0 bridgehead atoms. The van der Waals surface area contributed by atoms with Crippen molar-refractivity contribution in [2.24, 2.45) is 0 Å². The molecular weight excluding hydrogens is 313 g/mol. The maximum Gasteiger partial charge on any atom is 0.249 e. The second kappa shape index (κ2) is 5.52. The second-order valence-electron chi connectivity index (χ2n) is 4.23. The van der Waals surface area contributed by atoms with Crippen molar-refractivity contribution in [2.45, 2.75) is 19.9 Å². The molecule has 1 aromatic carbocycles. The number of aryl methyl sites for hydroxylation is 1. The number of nitrogens with zero attached hydrogens (tertiary/aromatic N) is 2. The zero-order valence-electron chi connectivity index (χ0n) is 10.5. The summed E-state index contributed by atoms with van der Waals surface area (Å²) in [7, 11) is 0. The molecule has 0 aliphatic carbocycles. The summed E-state index contributed by atoms with van der Waals surface area (Å²) in [5, 5.41) is 6.71. The Morgan fingerprint density at radius 3 is 2.79 bits per heavy atom. The molecule has 100 valence electrons. The molecule has 0 saturated carbocycles. The minimum atomic E-state index is -0.503. The van der Waals surface area contributed by atoms with Gasteiger partial charge in [0.25, 0.3) is 0 Å². The smallest absolute Gasteiger partial charge is 0.249 e. The number of amides is 1. The van der Waals surface area contributed by atoms with Crippen LogP contribution in [-0.2, 0) is 4.79 Å². The number of hydrogen-bond donors (Lipinski definition) is 1. The highest BCUT2D eigenvalue weighted by Gasteiger charge is 2.17. The molecule has 4 nitrogen and oxygen atoms in total. The Hall–Kier alpha value is -1.69. The van der Waals surface area contributed by atoms with Gasteiger partial charge in [0.2, 0.25) is 5.91 Å². The van der Waals surface area contributed by atoms with Crippen molar-refractivity contribution in [3.8, 4) is 0 Å². The van der Waals surface area contributed by atoms with E-state index in [9.17, 15) is 9.18 Å². The highest BCUT2D eigenvalue weighted by molar-refractivity contribution is 9.10. The summed E-state index contributed by atoms with van der Waals surface area (Å²) in [6.45, 7) is 3.55. The number of hydrogen-bond acceptors (Lipinski definition) is 2. The van der Waals surface area contributed by atoms with E-state index in [0.29, 0.717) is 4.47 Å². The van der Waals surface area contributed by atoms with E-state index in [4.69, 9.17) is 0 Å². The lowest BCUT2D eigenvalue weighted by atomic mass is 10.2. The van der Waals surface area contributed by atoms with Gasteiger partial charge in [-0.3, -0.25) is 9.48 Å². The molecule has 19 heavy (non-hydrogen) atoms. The number of halogens is 2. The number of benzene rings is 1. The molecule has 1 N–H and O–H groups in total. The molecule has 0 aliphatic heterocycles. The first-order valence-electron chi connectivity index (χ1n) is 5.75. The van der Waals surface area contributed by atoms with Crippen LogP contribution in [0.2, 0.25) is 0 Å². The van der Waals surface area contributed by atoms with E-state index in [-0.39, 0.29) is 11.6 Å². The Balaban J connectivity index is 2.12. The fourth-order valence-corrected chi connectivity index (χ4v) is 1.93. The first kappa shape index (κ1) is 13.7. The van der Waals surface area contributed by atoms with Gasteiger partial charge in [-0.15, -0.1) is 0 Å². The molecule has 2 rings (SSSR count). The van der Waals surface area contributed by atoms with E-state index in [0.717, 1.165) is 5.69 Å². The summed E-state index contributed by atoms with van der Waals surface area (Å²) in [6, 6.07) is 5.79. The van der Waals surface area contributed by atoms with Crippen LogP contribution in [0.5, 0.6) is 0 Å². The van der Waals surface area contributed by atoms with E-state index < -0.39 is 11.9 Å². The van der Waals surface area contributed by atoms with Crippen molar-refractivity contribution < 1.29 is 9.18 Å². The van der Waals surface area contributed by atoms with Crippen LogP contribution in [0.1, 0.15) is 18.7 Å². The third-order valence-corrected chi connectivity index (χ3v) is 3.20. The average Bonchev–Trinajstić information content (AvgIpc) is 2.78. The third-order valence-electron chi connectivity index (χ3n) is 2.71. The Kier molecular flexibility index (Phi) is 3.99. The summed E-state index contributed by atoms with van der Waals surface area (Å²) in [5.41, 5.74) is 0.985. The minimum Gasteiger partial charge on any atom is -0.322 e. The molecule has 0 saturated heterocycles. The molecule has 6 heteroatoms. The molecule has 1 unspecified atom stereocenters. The summed E-state index contributed by atoms with van der Waals surface area (Å²) >= 11 is 3.16. The number of nitrogens with one attached hydrogen (secondary N) is 1. The van der Waals surface area contributed by atoms with Crippen LogP contribution in [0.25, 0.3) is 0 Å². The minimum absolute atomic E-state index is 0.156. The average molecular weight is 326 g/mol. The highest BCUT2D eigenvalue weighted by atomic mass is 79.9. The molecule has 1 heterocycles. The Labute approximate surface area is 118 Å². The SMILES string of the molecule is Cc1ccn(C(C)C(=O)Nc2ccc(Br)cc2F)n1. The van der Waals surface area contributed by atoms with E-state index in [2.05, 4.69) is 26.3 Å². The predicted molar refractivity (Wildman–Crippen MR) is 74.4 cm³/mol. The van der Waals surface area contributed by atoms with Crippen LogP contribution < -0.4 is 5.32 Å². The van der Waals surface area contributed by atoms with E-state index in [1.165, 1.54) is 12.1 Å². The first-order valence-corrected chi connectivity index (χ1v) is 6.54. The lowest BCUT2D eigenvalue weighted by molar-refractivity contribution is -0.119. The second-order valence-corrected chi connectivity index (χ2v) is 5.14. The Bertz CT molecular complexity index is 612. The predicted octanol–water partition coefficient (Wildman–Crippen LogP) is 3.29. The van der Waals surface area contributed by atoms with Gasteiger partial charge in [-0.25, -0.2) is 4.39 Å². The van der Waals surface area contributed by atoms with Crippen molar-refractivity contribution in [1.82, 2.24) is 9.78 Å². The largest absolute Gasteiger partial charge is 0.322 e. The molecule has 1 atom stereocenters. The molecule has 1 aromatic heterocycles. The fraction of sp³-hybridized carbons (Fsp3) is 0.231. The Morgan fingerprint density at radius 2 is 2.21 bits per heavy atom. The van der Waals surface area contributed by atoms with Gasteiger partial charge in [0.1, 0.15) is 11.9 Å². The van der Waals surface area contributed by atoms with Gasteiger partial charge in [0, 0.05) is 10.7 Å². The first-order chi connectivity index (χ1) is 8.97. The van der Waals surface area contributed by atoms with Crippen molar-refractivity contribution in [2.75, 3.05) is 5.32 Å². The normalized spacial score (nSPS) is 12.2. The van der Waals surface area contributed by atoms with Crippen LogP contribution in [-0.4, -0.2) is 15.7 Å². The number of aromatic nitrogens is 2. The molecule has 0 fully saturated rings. The summed E-state index contributed by atoms with van der Waals surface area (Å²) in [6.07, 6.45) is 1.72. The third kappa shape index (κ3) is 3.20. The van der Waals surface area contributed by atoms with Crippen LogP contribution in [0, 0.1) is 12.7 Å². The monoisotopic (exact) mass is 325 g/mol. The fourth-order valence-electron chi connectivity index (χ4n) is 1.60. The van der Waals surface area contributed by atoms with Crippen molar-refractivity contribution in [3.63, 3.8) is 0 Å². The quantitative estimate of drug-likeness (QED) is 0.941. The molecule has 0 aliphatic rings. The zero-order valence-corrected chi connectivity index (χ0v) is 12.1. The van der Waals surface area contributed by atoms with Gasteiger partial charge in [-0.2, -0.15) is 5.10 Å². The summed E-state index contributed by atoms with van der Waals surface area (Å²) < 4.78 is 15.8. The van der Waals surface area contributed by atoms with Crippen molar-refractivity contribution in [1.29, 1.82) is 0 Å². The molecule has 0 spiro atoms. The van der Waals surface area contributed by atoms with Gasteiger partial charge in [-0.1, -0.05) is 15.9 Å². The van der Waals surface area contributed by atoms with Crippen molar-refractivity contribution in [3.05, 3.63) is 46.4 Å². The van der Waals surface area contributed by atoms with E-state index >= 15 is 0 Å². The Morgan fingerprint density at radius 1 is 1.47 bits per heavy atom. The zero-order chi connectivity index (χ0) is 14.0. The summed E-state index contributed by atoms with van der Waals surface area (Å²) in [5.74, 6) is -0.795. The number of anilines is 1. The van der Waals surface area contributed by atoms with E-state index in [1.807, 2.05) is 13.0 Å². The van der Waals surface area contributed by atoms with Gasteiger partial charge >= 0.3 is 0 Å². The standard InChI is InChI=1S/C13H13BrFN3O/c1-8-5-6-18(17-8)9(2)13(19)16-12-4-3-10(14)7-11(12)15/h3-7,9H,1-2H3,(H,16,19). The van der Waals surface area contributed by atoms with Crippen molar-refractivity contribution >= 4 is 27.5 Å². The van der Waals surface area contributed by atoms with Gasteiger partial charge in [0.15, 0.2) is 0 Å². The highest BCUT2D eigenvalue weighted by Crippen LogP contribution is 2.20. The lowest BCUT2D eigenvalue weighted by Crippen LogP contribution is -2.24. The van der Waals surface area contributed by atoms with Gasteiger partial charge in [0.05, 0.1) is 11.4 Å². The van der Waals surface area contributed by atoms with E-state index in [1.54, 1.807) is 23.9 Å². The molecule has 0 radical (unpaired) electrons. The molecular formula is C13H13BrFN3O. The maximum atomic E-state index is 13.6. The van der Waals surface area contributed by atoms with Crippen LogP contribution in [0.15, 0.2) is 34.9 Å². The number of carbonyl (C=O) groups excluding carboxylic acids is 1. The molecule has 2 aromatic rings. The van der Waals surface area contributed by atoms with Gasteiger partial charge in [-0.05, 0) is 38.1 Å². The number of rotatable bonds is 3. The summed E-state index contributed by atoms with van der Waals surface area (Å²) in [4.78, 5) is 12.0. The number of carbonyl (C=O) groups is 1. The topological polar surface area (TPSA) is 46.9 Å². The van der Waals surface area contributed by atoms with Crippen LogP contribution in [0.4, 0.5) is 10.1 Å². The maximum absolute atomic E-state index is 13.6. The van der Waals surface area contributed by atoms with Gasteiger partial charge < -0.3 is 5.32 Å². The molecule has 1 amide bonds. The van der Waals surface area contributed by atoms with Crippen LogP contribution >= 0.6 is 15.9 Å². The van der Waals surface area contributed by atoms with Crippen LogP contribution in [0.3, 0.4) is 0 Å². The lowest BCUT2D eigenvalue weighted by Gasteiger charge is -2.13.